The number of nitrogens with zero attached hydrogens (tertiary/aromatic N) is 1. The lowest BCUT2D eigenvalue weighted by Gasteiger charge is -2.17. The molecule has 0 bridgehead atoms. The molecule has 1 N–H and O–H groups in total. The maximum Gasteiger partial charge on any atom is 0.229 e. The Balaban J connectivity index is 2.90. The fraction of sp³-hybridized carbons (Fsp3) is 0.400. The Hall–Kier alpha value is -0.970. The van der Waals surface area contributed by atoms with E-state index in [0.29, 0.717) is 10.3 Å². The monoisotopic (exact) mass is 274 g/mol. The number of halogens is 2. The summed E-state index contributed by atoms with van der Waals surface area (Å²) < 4.78 is 13.3. The molecule has 0 fully saturated rings. The topological polar surface area (TPSA) is 42.0 Å². The summed E-state index contributed by atoms with van der Waals surface area (Å²) in [5, 5.41) is 2.60. The van der Waals surface area contributed by atoms with E-state index in [9.17, 15) is 9.18 Å². The lowest BCUT2D eigenvalue weighted by atomic mass is 9.96. The summed E-state index contributed by atoms with van der Waals surface area (Å²) in [5.41, 5.74) is -0.180. The van der Waals surface area contributed by atoms with Crippen LogP contribution in [-0.2, 0) is 4.79 Å². The second-order valence-electron chi connectivity index (χ2n) is 4.20. The Kier molecular flexibility index (Phi) is 3.44. The molecule has 82 valence electrons. The van der Waals surface area contributed by atoms with Crippen molar-refractivity contribution in [2.45, 2.75) is 20.8 Å². The standard InChI is InChI=1S/C10H12BrFN2O/c1-10(2,3)9(15)14-7-4-6(12)5-13-8(7)11/h4-5H,1-3H3,(H,14,15). The highest BCUT2D eigenvalue weighted by Crippen LogP contribution is 2.23. The van der Waals surface area contributed by atoms with Crippen LogP contribution in [0.1, 0.15) is 20.8 Å². The van der Waals surface area contributed by atoms with Crippen molar-refractivity contribution in [2.24, 2.45) is 5.41 Å². The first-order valence-corrected chi connectivity index (χ1v) is 5.22. The molecule has 0 aliphatic rings. The van der Waals surface area contributed by atoms with E-state index < -0.39 is 11.2 Å². The average Bonchev–Trinajstić information content (AvgIpc) is 2.09. The van der Waals surface area contributed by atoms with Crippen LogP contribution in [0.15, 0.2) is 16.9 Å². The average molecular weight is 275 g/mol. The number of carbonyl (C=O) groups is 1. The van der Waals surface area contributed by atoms with Gasteiger partial charge in [-0.2, -0.15) is 0 Å². The van der Waals surface area contributed by atoms with E-state index >= 15 is 0 Å². The largest absolute Gasteiger partial charge is 0.323 e. The molecule has 0 spiro atoms. The number of rotatable bonds is 1. The van der Waals surface area contributed by atoms with Gasteiger partial charge in [0.25, 0.3) is 0 Å². The molecule has 0 saturated carbocycles. The van der Waals surface area contributed by atoms with E-state index in [0.717, 1.165) is 6.20 Å². The van der Waals surface area contributed by atoms with Gasteiger partial charge in [0.05, 0.1) is 11.9 Å². The Morgan fingerprint density at radius 1 is 1.53 bits per heavy atom. The molecule has 5 heteroatoms. The molecule has 1 heterocycles. The molecule has 0 aromatic carbocycles. The van der Waals surface area contributed by atoms with Crippen LogP contribution in [0.5, 0.6) is 0 Å². The van der Waals surface area contributed by atoms with Crippen molar-refractivity contribution in [2.75, 3.05) is 5.32 Å². The Morgan fingerprint density at radius 3 is 2.67 bits per heavy atom. The third-order valence-electron chi connectivity index (χ3n) is 1.74. The second-order valence-corrected chi connectivity index (χ2v) is 4.95. The Labute approximate surface area is 96.2 Å². The van der Waals surface area contributed by atoms with Crippen molar-refractivity contribution in [3.63, 3.8) is 0 Å². The predicted octanol–water partition coefficient (Wildman–Crippen LogP) is 2.97. The third kappa shape index (κ3) is 3.27. The molecular weight excluding hydrogens is 263 g/mol. The highest BCUT2D eigenvalue weighted by Gasteiger charge is 2.22. The number of anilines is 1. The molecule has 0 unspecified atom stereocenters. The van der Waals surface area contributed by atoms with E-state index in [2.05, 4.69) is 26.2 Å². The number of hydrogen-bond acceptors (Lipinski definition) is 2. The van der Waals surface area contributed by atoms with Gasteiger partial charge < -0.3 is 5.32 Å². The second kappa shape index (κ2) is 4.26. The van der Waals surface area contributed by atoms with Crippen LogP contribution in [0.4, 0.5) is 10.1 Å². The Bertz CT molecular complexity index is 387. The normalized spacial score (nSPS) is 11.3. The van der Waals surface area contributed by atoms with Gasteiger partial charge in [-0.25, -0.2) is 9.37 Å². The molecule has 1 aromatic rings. The van der Waals surface area contributed by atoms with Gasteiger partial charge in [0, 0.05) is 11.5 Å². The quantitative estimate of drug-likeness (QED) is 0.800. The number of aromatic nitrogens is 1. The number of hydrogen-bond donors (Lipinski definition) is 1. The van der Waals surface area contributed by atoms with E-state index in [1.165, 1.54) is 6.07 Å². The smallest absolute Gasteiger partial charge is 0.229 e. The van der Waals surface area contributed by atoms with Gasteiger partial charge in [-0.3, -0.25) is 4.79 Å². The van der Waals surface area contributed by atoms with Gasteiger partial charge in [0.2, 0.25) is 5.91 Å². The number of pyridine rings is 1. The first-order valence-electron chi connectivity index (χ1n) is 4.43. The van der Waals surface area contributed by atoms with Gasteiger partial charge in [-0.1, -0.05) is 20.8 Å². The third-order valence-corrected chi connectivity index (χ3v) is 2.37. The molecule has 0 aliphatic heterocycles. The van der Waals surface area contributed by atoms with Crippen molar-refractivity contribution in [3.8, 4) is 0 Å². The predicted molar refractivity (Wildman–Crippen MR) is 60.0 cm³/mol. The number of nitrogens with one attached hydrogen (secondary N) is 1. The maximum absolute atomic E-state index is 12.9. The highest BCUT2D eigenvalue weighted by molar-refractivity contribution is 9.10. The van der Waals surface area contributed by atoms with Crippen molar-refractivity contribution in [1.29, 1.82) is 0 Å². The minimum Gasteiger partial charge on any atom is -0.323 e. The fourth-order valence-electron chi connectivity index (χ4n) is 0.820. The zero-order chi connectivity index (χ0) is 11.6. The summed E-state index contributed by atoms with van der Waals surface area (Å²) in [6.07, 6.45) is 1.08. The molecule has 15 heavy (non-hydrogen) atoms. The van der Waals surface area contributed by atoms with Crippen LogP contribution < -0.4 is 5.32 Å². The molecule has 0 radical (unpaired) electrons. The molecule has 0 atom stereocenters. The molecule has 1 amide bonds. The van der Waals surface area contributed by atoms with E-state index in [-0.39, 0.29) is 5.91 Å². The summed E-state index contributed by atoms with van der Waals surface area (Å²) >= 11 is 3.13. The summed E-state index contributed by atoms with van der Waals surface area (Å²) in [6.45, 7) is 5.34. The van der Waals surface area contributed by atoms with E-state index in [1.807, 2.05) is 0 Å². The van der Waals surface area contributed by atoms with Crippen molar-refractivity contribution >= 4 is 27.5 Å². The molecule has 3 nitrogen and oxygen atoms in total. The molecular formula is C10H12BrFN2O. The summed E-state index contributed by atoms with van der Waals surface area (Å²) in [6, 6.07) is 1.22. The SMILES string of the molecule is CC(C)(C)C(=O)Nc1cc(F)cnc1Br. The minimum absolute atomic E-state index is 0.185. The molecule has 1 aromatic heterocycles. The van der Waals surface area contributed by atoms with Crippen LogP contribution in [0.25, 0.3) is 0 Å². The van der Waals surface area contributed by atoms with Crippen LogP contribution >= 0.6 is 15.9 Å². The number of amides is 1. The lowest BCUT2D eigenvalue weighted by molar-refractivity contribution is -0.123. The zero-order valence-electron chi connectivity index (χ0n) is 8.77. The van der Waals surface area contributed by atoms with Crippen LogP contribution in [0, 0.1) is 11.2 Å². The Morgan fingerprint density at radius 2 is 2.13 bits per heavy atom. The van der Waals surface area contributed by atoms with Crippen molar-refractivity contribution in [3.05, 3.63) is 22.7 Å². The highest BCUT2D eigenvalue weighted by atomic mass is 79.9. The summed E-state index contributed by atoms with van der Waals surface area (Å²) in [4.78, 5) is 15.4. The van der Waals surface area contributed by atoms with Crippen LogP contribution in [0.2, 0.25) is 0 Å². The minimum atomic E-state index is -0.522. The van der Waals surface area contributed by atoms with Crippen molar-refractivity contribution < 1.29 is 9.18 Å². The summed E-state index contributed by atoms with van der Waals surface area (Å²) in [7, 11) is 0. The van der Waals surface area contributed by atoms with Gasteiger partial charge in [-0.15, -0.1) is 0 Å². The molecule has 0 saturated heterocycles. The van der Waals surface area contributed by atoms with Gasteiger partial charge >= 0.3 is 0 Å². The first kappa shape index (κ1) is 12.1. The van der Waals surface area contributed by atoms with Crippen molar-refractivity contribution in [1.82, 2.24) is 4.98 Å². The van der Waals surface area contributed by atoms with Crippen LogP contribution in [0.3, 0.4) is 0 Å². The molecule has 1 rings (SSSR count). The van der Waals surface area contributed by atoms with Gasteiger partial charge in [0.1, 0.15) is 10.4 Å². The number of carbonyl (C=O) groups excluding carboxylic acids is 1. The van der Waals surface area contributed by atoms with E-state index in [4.69, 9.17) is 0 Å². The van der Waals surface area contributed by atoms with Gasteiger partial charge in [-0.05, 0) is 15.9 Å². The molecule has 0 aliphatic carbocycles. The summed E-state index contributed by atoms with van der Waals surface area (Å²) in [5.74, 6) is -0.669. The fourth-order valence-corrected chi connectivity index (χ4v) is 1.14. The van der Waals surface area contributed by atoms with Crippen LogP contribution in [-0.4, -0.2) is 10.9 Å². The zero-order valence-corrected chi connectivity index (χ0v) is 10.4. The first-order chi connectivity index (χ1) is 6.80. The van der Waals surface area contributed by atoms with E-state index in [1.54, 1.807) is 20.8 Å². The maximum atomic E-state index is 12.9. The van der Waals surface area contributed by atoms with Gasteiger partial charge in [0.15, 0.2) is 0 Å². The lowest BCUT2D eigenvalue weighted by Crippen LogP contribution is -2.27.